The number of anilines is 1. The predicted molar refractivity (Wildman–Crippen MR) is 71.2 cm³/mol. The lowest BCUT2D eigenvalue weighted by Gasteiger charge is -2.06. The van der Waals surface area contributed by atoms with E-state index in [0.717, 1.165) is 4.90 Å². The Hall–Kier alpha value is -2.22. The number of hydrogen-bond acceptors (Lipinski definition) is 7. The van der Waals surface area contributed by atoms with Gasteiger partial charge in [-0.25, -0.2) is 9.47 Å². The van der Waals surface area contributed by atoms with Gasteiger partial charge in [-0.3, -0.25) is 0 Å². The number of aromatic nitrogens is 3. The molecule has 0 amide bonds. The maximum atomic E-state index is 11.4. The summed E-state index contributed by atoms with van der Waals surface area (Å²) >= 11 is 1.28. The molecule has 0 saturated carbocycles. The van der Waals surface area contributed by atoms with E-state index in [1.54, 1.807) is 25.1 Å². The van der Waals surface area contributed by atoms with Gasteiger partial charge < -0.3 is 16.3 Å². The van der Waals surface area contributed by atoms with Gasteiger partial charge >= 0.3 is 5.97 Å². The van der Waals surface area contributed by atoms with Gasteiger partial charge in [-0.15, -0.1) is 10.2 Å². The topological polar surface area (TPSA) is 109 Å². The van der Waals surface area contributed by atoms with Crippen LogP contribution in [0.3, 0.4) is 0 Å². The second kappa shape index (κ2) is 5.19. The molecule has 0 fully saturated rings. The first kappa shape index (κ1) is 13.2. The highest BCUT2D eigenvalue weighted by Gasteiger charge is 2.12. The highest BCUT2D eigenvalue weighted by atomic mass is 32.2. The molecule has 0 aliphatic heterocycles. The minimum atomic E-state index is -0.430. The third kappa shape index (κ3) is 2.63. The van der Waals surface area contributed by atoms with Crippen LogP contribution in [-0.2, 0) is 4.74 Å². The molecule has 0 atom stereocenters. The van der Waals surface area contributed by atoms with Gasteiger partial charge in [0.1, 0.15) is 5.82 Å². The lowest BCUT2D eigenvalue weighted by Crippen LogP contribution is -2.11. The van der Waals surface area contributed by atoms with Gasteiger partial charge in [0.2, 0.25) is 5.16 Å². The third-order valence-corrected chi connectivity index (χ3v) is 3.52. The van der Waals surface area contributed by atoms with Crippen molar-refractivity contribution in [2.75, 3.05) is 18.7 Å². The van der Waals surface area contributed by atoms with Crippen molar-refractivity contribution in [3.8, 4) is 0 Å². The summed E-state index contributed by atoms with van der Waals surface area (Å²) < 4.78 is 6.00. The smallest absolute Gasteiger partial charge is 0.337 e. The highest BCUT2D eigenvalue weighted by Crippen LogP contribution is 2.31. The van der Waals surface area contributed by atoms with Crippen LogP contribution in [0.4, 0.5) is 5.69 Å². The van der Waals surface area contributed by atoms with Crippen molar-refractivity contribution in [2.24, 2.45) is 0 Å². The maximum absolute atomic E-state index is 11.4. The van der Waals surface area contributed by atoms with Crippen LogP contribution in [0.1, 0.15) is 16.2 Å². The van der Waals surface area contributed by atoms with E-state index in [1.165, 1.54) is 23.5 Å². The van der Waals surface area contributed by atoms with E-state index >= 15 is 0 Å². The van der Waals surface area contributed by atoms with Crippen LogP contribution in [-0.4, -0.2) is 28.0 Å². The second-order valence-electron chi connectivity index (χ2n) is 3.75. The molecule has 7 nitrogen and oxygen atoms in total. The fourth-order valence-corrected chi connectivity index (χ4v) is 2.23. The summed E-state index contributed by atoms with van der Waals surface area (Å²) in [5, 5.41) is 8.31. The number of hydrogen-bond donors (Lipinski definition) is 2. The summed E-state index contributed by atoms with van der Waals surface area (Å²) in [6.45, 7) is 1.75. The maximum Gasteiger partial charge on any atom is 0.337 e. The van der Waals surface area contributed by atoms with Gasteiger partial charge in [-0.2, -0.15) is 0 Å². The van der Waals surface area contributed by atoms with Gasteiger partial charge in [-0.05, 0) is 36.9 Å². The summed E-state index contributed by atoms with van der Waals surface area (Å²) in [6.07, 6.45) is 0. The number of benzene rings is 1. The minimum Gasteiger partial charge on any atom is -0.465 e. The number of nitrogens with zero attached hydrogens (tertiary/aromatic N) is 3. The number of ether oxygens (including phenoxy) is 1. The summed E-state index contributed by atoms with van der Waals surface area (Å²) in [7, 11) is 1.32. The van der Waals surface area contributed by atoms with Crippen molar-refractivity contribution in [2.45, 2.75) is 17.0 Å². The average molecular weight is 279 g/mol. The van der Waals surface area contributed by atoms with Crippen molar-refractivity contribution in [1.29, 1.82) is 0 Å². The molecule has 0 radical (unpaired) electrons. The molecule has 8 heteroatoms. The van der Waals surface area contributed by atoms with Crippen LogP contribution >= 0.6 is 11.8 Å². The molecule has 2 aromatic rings. The number of rotatable bonds is 3. The molecule has 0 aliphatic rings. The molecule has 0 saturated heterocycles. The molecule has 0 bridgehead atoms. The zero-order valence-electron chi connectivity index (χ0n) is 10.5. The molecule has 2 rings (SSSR count). The lowest BCUT2D eigenvalue weighted by molar-refractivity contribution is 0.0600. The Morgan fingerprint density at radius 3 is 2.68 bits per heavy atom. The van der Waals surface area contributed by atoms with Gasteiger partial charge in [0.15, 0.2) is 0 Å². The van der Waals surface area contributed by atoms with Crippen LogP contribution in [0, 0.1) is 6.92 Å². The third-order valence-electron chi connectivity index (χ3n) is 2.47. The average Bonchev–Trinajstić information content (AvgIpc) is 2.72. The molecule has 1 heterocycles. The highest BCUT2D eigenvalue weighted by molar-refractivity contribution is 7.99. The molecular weight excluding hydrogens is 266 g/mol. The number of nitrogen functional groups attached to an aromatic ring is 2. The van der Waals surface area contributed by atoms with Crippen LogP contribution in [0.5, 0.6) is 0 Å². The van der Waals surface area contributed by atoms with E-state index in [4.69, 9.17) is 11.6 Å². The van der Waals surface area contributed by atoms with Crippen LogP contribution < -0.4 is 11.6 Å². The molecule has 1 aromatic carbocycles. The molecule has 0 spiro atoms. The number of esters is 1. The Bertz CT molecular complexity index is 626. The SMILES string of the molecule is COC(=O)c1ccc(Sc2nnc(C)n2N)c(N)c1. The van der Waals surface area contributed by atoms with Crippen molar-refractivity contribution in [3.05, 3.63) is 29.6 Å². The monoisotopic (exact) mass is 279 g/mol. The fourth-order valence-electron chi connectivity index (χ4n) is 1.40. The Balaban J connectivity index is 2.27. The van der Waals surface area contributed by atoms with Crippen molar-refractivity contribution < 1.29 is 9.53 Å². The largest absolute Gasteiger partial charge is 0.465 e. The first-order chi connectivity index (χ1) is 9.02. The normalized spacial score (nSPS) is 10.4. The van der Waals surface area contributed by atoms with Crippen molar-refractivity contribution in [3.63, 3.8) is 0 Å². The Morgan fingerprint density at radius 2 is 2.16 bits per heavy atom. The lowest BCUT2D eigenvalue weighted by atomic mass is 10.2. The van der Waals surface area contributed by atoms with E-state index in [9.17, 15) is 4.79 Å². The quantitative estimate of drug-likeness (QED) is 0.486. The molecule has 4 N–H and O–H groups in total. The van der Waals surface area contributed by atoms with E-state index in [-0.39, 0.29) is 0 Å². The Morgan fingerprint density at radius 1 is 1.42 bits per heavy atom. The van der Waals surface area contributed by atoms with Gasteiger partial charge in [0.05, 0.1) is 12.7 Å². The Labute approximate surface area is 113 Å². The van der Waals surface area contributed by atoms with E-state index in [1.807, 2.05) is 0 Å². The van der Waals surface area contributed by atoms with E-state index in [0.29, 0.717) is 22.2 Å². The summed E-state index contributed by atoms with van der Waals surface area (Å²) in [5.41, 5.74) is 6.74. The molecule has 0 unspecified atom stereocenters. The number of aryl methyl sites for hydroxylation is 1. The van der Waals surface area contributed by atoms with Gasteiger partial charge in [-0.1, -0.05) is 0 Å². The predicted octanol–water partition coefficient (Wildman–Crippen LogP) is 0.820. The number of nitrogens with two attached hydrogens (primary N) is 2. The summed E-state index contributed by atoms with van der Waals surface area (Å²) in [4.78, 5) is 12.1. The standard InChI is InChI=1S/C11H13N5O2S/c1-6-14-15-11(16(6)13)19-9-4-3-7(5-8(9)12)10(17)18-2/h3-5H,12-13H2,1-2H3. The Kier molecular flexibility index (Phi) is 3.61. The first-order valence-electron chi connectivity index (χ1n) is 5.35. The second-order valence-corrected chi connectivity index (χ2v) is 4.76. The molecule has 1 aromatic heterocycles. The molecule has 0 aliphatic carbocycles. The number of carbonyl (C=O) groups is 1. The van der Waals surface area contributed by atoms with E-state index in [2.05, 4.69) is 14.9 Å². The zero-order valence-corrected chi connectivity index (χ0v) is 11.3. The van der Waals surface area contributed by atoms with E-state index < -0.39 is 5.97 Å². The number of carbonyl (C=O) groups excluding carboxylic acids is 1. The molecule has 19 heavy (non-hydrogen) atoms. The van der Waals surface area contributed by atoms with Crippen LogP contribution in [0.15, 0.2) is 28.3 Å². The first-order valence-corrected chi connectivity index (χ1v) is 6.17. The van der Waals surface area contributed by atoms with Crippen LogP contribution in [0.2, 0.25) is 0 Å². The molecule has 100 valence electrons. The fraction of sp³-hybridized carbons (Fsp3) is 0.182. The minimum absolute atomic E-state index is 0.398. The summed E-state index contributed by atoms with van der Waals surface area (Å²) in [6, 6.07) is 4.91. The van der Waals surface area contributed by atoms with Gasteiger partial charge in [0.25, 0.3) is 0 Å². The zero-order chi connectivity index (χ0) is 14.0. The van der Waals surface area contributed by atoms with Gasteiger partial charge in [0, 0.05) is 10.6 Å². The molecular formula is C11H13N5O2S. The van der Waals surface area contributed by atoms with Crippen molar-refractivity contribution in [1.82, 2.24) is 14.9 Å². The van der Waals surface area contributed by atoms with Crippen LogP contribution in [0.25, 0.3) is 0 Å². The van der Waals surface area contributed by atoms with Crippen molar-refractivity contribution >= 4 is 23.4 Å². The summed E-state index contributed by atoms with van der Waals surface area (Å²) in [5.74, 6) is 5.93. The number of methoxy groups -OCH3 is 1.